The Hall–Kier alpha value is -3.33. The minimum Gasteiger partial charge on any atom is -0.367 e. The molecule has 0 bridgehead atoms. The molecule has 0 aromatic heterocycles. The summed E-state index contributed by atoms with van der Waals surface area (Å²) in [5.41, 5.74) is 1.62. The first-order chi connectivity index (χ1) is 17.0. The standard InChI is InChI=1S/C26H32ClN5O4/c1-26(2,3)25(34)31-14-12-30(13-15-31)21-9-7-19(17-20(21)27)28-24(33)18-6-8-22(23(16-18)32(35)36)29-10-4-5-11-29/h6-9,16-17H,4-5,10-15H2,1-3H3,(H,28,33). The van der Waals surface area contributed by atoms with Crippen molar-refractivity contribution in [3.05, 3.63) is 57.1 Å². The van der Waals surface area contributed by atoms with E-state index in [-0.39, 0.29) is 17.2 Å². The second-order valence-corrected chi connectivity index (χ2v) is 10.7. The third kappa shape index (κ3) is 5.56. The average Bonchev–Trinajstić information content (AvgIpc) is 3.38. The van der Waals surface area contributed by atoms with Gasteiger partial charge in [0.1, 0.15) is 5.69 Å². The number of nitro groups is 1. The highest BCUT2D eigenvalue weighted by atomic mass is 35.5. The summed E-state index contributed by atoms with van der Waals surface area (Å²) in [6, 6.07) is 9.88. The third-order valence-corrected chi connectivity index (χ3v) is 6.94. The number of hydrogen-bond donors (Lipinski definition) is 1. The number of nitrogens with zero attached hydrogens (tertiary/aromatic N) is 4. The summed E-state index contributed by atoms with van der Waals surface area (Å²) in [6.45, 7) is 9.90. The number of carbonyl (C=O) groups is 2. The topological polar surface area (TPSA) is 99.0 Å². The highest BCUT2D eigenvalue weighted by Crippen LogP contribution is 2.33. The Morgan fingerprint density at radius 2 is 1.53 bits per heavy atom. The molecule has 2 aromatic carbocycles. The van der Waals surface area contributed by atoms with E-state index in [0.717, 1.165) is 31.6 Å². The molecule has 2 saturated heterocycles. The molecule has 2 aliphatic rings. The first kappa shape index (κ1) is 25.8. The van der Waals surface area contributed by atoms with Gasteiger partial charge in [0.25, 0.3) is 11.6 Å². The second kappa shape index (κ2) is 10.3. The van der Waals surface area contributed by atoms with E-state index < -0.39 is 16.2 Å². The van der Waals surface area contributed by atoms with Gasteiger partial charge in [0.15, 0.2) is 0 Å². The molecule has 2 amide bonds. The van der Waals surface area contributed by atoms with Crippen LogP contribution in [0.1, 0.15) is 44.0 Å². The summed E-state index contributed by atoms with van der Waals surface area (Å²) < 4.78 is 0. The molecule has 9 nitrogen and oxygen atoms in total. The lowest BCUT2D eigenvalue weighted by Gasteiger charge is -2.39. The maximum absolute atomic E-state index is 12.9. The lowest BCUT2D eigenvalue weighted by molar-refractivity contribution is -0.384. The summed E-state index contributed by atoms with van der Waals surface area (Å²) in [4.78, 5) is 42.6. The van der Waals surface area contributed by atoms with Crippen LogP contribution >= 0.6 is 11.6 Å². The molecule has 2 heterocycles. The molecule has 2 aromatic rings. The molecule has 192 valence electrons. The van der Waals surface area contributed by atoms with E-state index in [9.17, 15) is 19.7 Å². The van der Waals surface area contributed by atoms with Crippen LogP contribution < -0.4 is 15.1 Å². The maximum atomic E-state index is 12.9. The van der Waals surface area contributed by atoms with Crippen LogP contribution in [-0.2, 0) is 4.79 Å². The minimum absolute atomic E-state index is 0.0676. The Labute approximate surface area is 216 Å². The fourth-order valence-electron chi connectivity index (χ4n) is 4.71. The Morgan fingerprint density at radius 1 is 0.917 bits per heavy atom. The molecule has 0 spiro atoms. The van der Waals surface area contributed by atoms with Crippen LogP contribution in [0, 0.1) is 15.5 Å². The van der Waals surface area contributed by atoms with Crippen LogP contribution in [0.15, 0.2) is 36.4 Å². The number of piperazine rings is 1. The molecule has 4 rings (SSSR count). The van der Waals surface area contributed by atoms with E-state index in [4.69, 9.17) is 11.6 Å². The van der Waals surface area contributed by atoms with Crippen LogP contribution in [0.3, 0.4) is 0 Å². The summed E-state index contributed by atoms with van der Waals surface area (Å²) in [5, 5.41) is 14.9. The van der Waals surface area contributed by atoms with Gasteiger partial charge in [-0.25, -0.2) is 0 Å². The van der Waals surface area contributed by atoms with Crippen molar-refractivity contribution in [1.82, 2.24) is 4.90 Å². The average molecular weight is 514 g/mol. The number of amides is 2. The van der Waals surface area contributed by atoms with Crippen LogP contribution in [-0.4, -0.2) is 60.9 Å². The second-order valence-electron chi connectivity index (χ2n) is 10.3. The predicted molar refractivity (Wildman–Crippen MR) is 142 cm³/mol. The van der Waals surface area contributed by atoms with Crippen LogP contribution in [0.25, 0.3) is 0 Å². The highest BCUT2D eigenvalue weighted by molar-refractivity contribution is 6.33. The monoisotopic (exact) mass is 513 g/mol. The van der Waals surface area contributed by atoms with E-state index in [2.05, 4.69) is 10.2 Å². The highest BCUT2D eigenvalue weighted by Gasteiger charge is 2.30. The first-order valence-electron chi connectivity index (χ1n) is 12.2. The van der Waals surface area contributed by atoms with Gasteiger partial charge in [-0.1, -0.05) is 32.4 Å². The number of halogens is 1. The first-order valence-corrected chi connectivity index (χ1v) is 12.6. The van der Waals surface area contributed by atoms with Gasteiger partial charge < -0.3 is 20.0 Å². The number of nitrogens with one attached hydrogen (secondary N) is 1. The van der Waals surface area contributed by atoms with Crippen LogP contribution in [0.5, 0.6) is 0 Å². The summed E-state index contributed by atoms with van der Waals surface area (Å²) in [6.07, 6.45) is 2.00. The van der Waals surface area contributed by atoms with Crippen molar-refractivity contribution in [2.24, 2.45) is 5.41 Å². The Bertz CT molecular complexity index is 1170. The van der Waals surface area contributed by atoms with Crippen molar-refractivity contribution in [2.75, 3.05) is 54.4 Å². The van der Waals surface area contributed by atoms with Crippen molar-refractivity contribution >= 4 is 46.2 Å². The molecule has 2 aliphatic heterocycles. The van der Waals surface area contributed by atoms with Gasteiger partial charge in [-0.2, -0.15) is 0 Å². The number of benzene rings is 2. The zero-order valence-corrected chi connectivity index (χ0v) is 21.7. The van der Waals surface area contributed by atoms with E-state index in [1.54, 1.807) is 24.3 Å². The van der Waals surface area contributed by atoms with E-state index in [1.165, 1.54) is 6.07 Å². The lowest BCUT2D eigenvalue weighted by Crippen LogP contribution is -2.51. The quantitative estimate of drug-likeness (QED) is 0.455. The van der Waals surface area contributed by atoms with Gasteiger partial charge in [0, 0.05) is 62.0 Å². The SMILES string of the molecule is CC(C)(C)C(=O)N1CCN(c2ccc(NC(=O)c3ccc(N4CCCC4)c([N+](=O)[O-])c3)cc2Cl)CC1. The van der Waals surface area contributed by atoms with Crippen molar-refractivity contribution in [3.8, 4) is 0 Å². The predicted octanol–water partition coefficient (Wildman–Crippen LogP) is 4.80. The molecule has 0 radical (unpaired) electrons. The van der Waals surface area contributed by atoms with Crippen molar-refractivity contribution in [2.45, 2.75) is 33.6 Å². The van der Waals surface area contributed by atoms with E-state index >= 15 is 0 Å². The molecular formula is C26H32ClN5O4. The molecule has 1 N–H and O–H groups in total. The molecule has 36 heavy (non-hydrogen) atoms. The molecular weight excluding hydrogens is 482 g/mol. The smallest absolute Gasteiger partial charge is 0.293 e. The van der Waals surface area contributed by atoms with Crippen LogP contribution in [0.4, 0.5) is 22.7 Å². The number of hydrogen-bond acceptors (Lipinski definition) is 6. The largest absolute Gasteiger partial charge is 0.367 e. The van der Waals surface area contributed by atoms with Gasteiger partial charge in [-0.15, -0.1) is 0 Å². The third-order valence-electron chi connectivity index (χ3n) is 6.64. The molecule has 0 aliphatic carbocycles. The summed E-state index contributed by atoms with van der Waals surface area (Å²) in [5.74, 6) is -0.302. The minimum atomic E-state index is -0.441. The van der Waals surface area contributed by atoms with Crippen molar-refractivity contribution < 1.29 is 14.5 Å². The fraction of sp³-hybridized carbons (Fsp3) is 0.462. The van der Waals surface area contributed by atoms with Crippen LogP contribution in [0.2, 0.25) is 5.02 Å². The Kier molecular flexibility index (Phi) is 7.40. The molecule has 0 saturated carbocycles. The molecule has 0 unspecified atom stereocenters. The van der Waals surface area contributed by atoms with Gasteiger partial charge in [0.2, 0.25) is 5.91 Å². The Morgan fingerprint density at radius 3 is 2.11 bits per heavy atom. The number of nitro benzene ring substituents is 1. The van der Waals surface area contributed by atoms with Gasteiger partial charge >= 0.3 is 0 Å². The van der Waals surface area contributed by atoms with E-state index in [1.807, 2.05) is 36.6 Å². The summed E-state index contributed by atoms with van der Waals surface area (Å²) >= 11 is 6.56. The summed E-state index contributed by atoms with van der Waals surface area (Å²) in [7, 11) is 0. The van der Waals surface area contributed by atoms with Crippen molar-refractivity contribution in [3.63, 3.8) is 0 Å². The van der Waals surface area contributed by atoms with Gasteiger partial charge in [0.05, 0.1) is 15.6 Å². The zero-order chi connectivity index (χ0) is 26.0. The molecule has 10 heteroatoms. The van der Waals surface area contributed by atoms with Gasteiger partial charge in [-0.3, -0.25) is 19.7 Å². The number of carbonyl (C=O) groups excluding carboxylic acids is 2. The molecule has 2 fully saturated rings. The number of rotatable bonds is 5. The van der Waals surface area contributed by atoms with E-state index in [0.29, 0.717) is 42.6 Å². The maximum Gasteiger partial charge on any atom is 0.293 e. The van der Waals surface area contributed by atoms with Gasteiger partial charge in [-0.05, 0) is 43.2 Å². The molecule has 0 atom stereocenters. The normalized spacial score (nSPS) is 16.3. The zero-order valence-electron chi connectivity index (χ0n) is 20.9. The fourth-order valence-corrected chi connectivity index (χ4v) is 5.01. The Balaban J connectivity index is 1.43. The van der Waals surface area contributed by atoms with Crippen molar-refractivity contribution in [1.29, 1.82) is 0 Å². The number of anilines is 3. The lowest BCUT2D eigenvalue weighted by atomic mass is 9.94.